The van der Waals surface area contributed by atoms with Crippen LogP contribution in [-0.4, -0.2) is 57.8 Å². The molecule has 2 aromatic heterocycles. The predicted molar refractivity (Wildman–Crippen MR) is 120 cm³/mol. The van der Waals surface area contributed by atoms with Crippen molar-refractivity contribution in [1.29, 1.82) is 0 Å². The largest absolute Gasteiger partial charge is 0.604 e. The summed E-state index contributed by atoms with van der Waals surface area (Å²) in [6.45, 7) is 0.976. The van der Waals surface area contributed by atoms with Gasteiger partial charge in [-0.1, -0.05) is 26.7 Å². The van der Waals surface area contributed by atoms with E-state index in [9.17, 15) is 13.2 Å². The van der Waals surface area contributed by atoms with E-state index in [1.807, 2.05) is 29.2 Å². The fraction of sp³-hybridized carbons (Fsp3) is 0.318. The predicted octanol–water partition coefficient (Wildman–Crippen LogP) is 3.28. The van der Waals surface area contributed by atoms with Crippen LogP contribution in [0.2, 0.25) is 0 Å². The summed E-state index contributed by atoms with van der Waals surface area (Å²) in [6.07, 6.45) is -0.0558. The van der Waals surface area contributed by atoms with Crippen LogP contribution in [0.1, 0.15) is 12.8 Å². The van der Waals surface area contributed by atoms with Crippen molar-refractivity contribution >= 4 is 32.6 Å². The number of hydrogen-bond acceptors (Lipinski definition) is 8. The summed E-state index contributed by atoms with van der Waals surface area (Å²) in [6, 6.07) is 11.9. The number of nitrogens with zero attached hydrogens (tertiary/aromatic N) is 5. The molecule has 0 radical (unpaired) electrons. The minimum atomic E-state index is -4.16. The molecule has 1 fully saturated rings. The van der Waals surface area contributed by atoms with E-state index >= 15 is 0 Å². The second kappa shape index (κ2) is 8.23. The molecule has 1 unspecified atom stereocenters. The topological polar surface area (TPSA) is 105 Å². The van der Waals surface area contributed by atoms with Gasteiger partial charge in [0, 0.05) is 24.5 Å². The summed E-state index contributed by atoms with van der Waals surface area (Å²) in [5, 5.41) is 8.62. The monoisotopic (exact) mass is 471 g/mol. The molecular weight excluding hydrogens is 449 g/mol. The van der Waals surface area contributed by atoms with Crippen molar-refractivity contribution in [2.45, 2.75) is 28.9 Å². The van der Waals surface area contributed by atoms with Gasteiger partial charge >= 0.3 is 5.03 Å². The molecule has 11 heteroatoms. The lowest BCUT2D eigenvalue weighted by molar-refractivity contribution is 0.277. The fourth-order valence-corrected chi connectivity index (χ4v) is 5.51. The first-order chi connectivity index (χ1) is 15.9. The molecule has 33 heavy (non-hydrogen) atoms. The number of hydrogen-bond donors (Lipinski definition) is 0. The van der Waals surface area contributed by atoms with E-state index in [0.717, 1.165) is 5.39 Å². The molecule has 1 aliphatic rings. The van der Waals surface area contributed by atoms with Crippen LogP contribution in [-0.2, 0) is 14.4 Å². The van der Waals surface area contributed by atoms with E-state index in [2.05, 4.69) is 10.3 Å². The molecule has 0 bridgehead atoms. The standard InChI is InChI=1S/C22H22FN5O4S/c1-31-15-7-8-18(32-2)19(13-15)33(29,30)22-21-24-20(27-11-9-14(23)10-12-27)16-5-3-4-6-17(16)28(21)26-25-22/h3-8,13-14H,9-12H2,1-2H3. The van der Waals surface area contributed by atoms with Crippen molar-refractivity contribution in [3.05, 3.63) is 42.5 Å². The molecule has 0 spiro atoms. The van der Waals surface area contributed by atoms with E-state index < -0.39 is 16.4 Å². The van der Waals surface area contributed by atoms with Gasteiger partial charge in [-0.3, -0.25) is 0 Å². The van der Waals surface area contributed by atoms with Gasteiger partial charge in [0.05, 0.1) is 19.7 Å². The number of aromatic nitrogens is 4. The number of para-hydroxylation sites is 1. The van der Waals surface area contributed by atoms with E-state index in [1.165, 1.54) is 30.9 Å². The summed E-state index contributed by atoms with van der Waals surface area (Å²) < 4.78 is 53.0. The Hall–Kier alpha value is -3.31. The van der Waals surface area contributed by atoms with Crippen LogP contribution in [0.25, 0.3) is 16.6 Å². The average Bonchev–Trinajstić information content (AvgIpc) is 3.29. The van der Waals surface area contributed by atoms with E-state index in [4.69, 9.17) is 14.5 Å². The van der Waals surface area contributed by atoms with Crippen LogP contribution >= 0.6 is 0 Å². The number of sulfone groups is 1. The number of anilines is 1. The third-order valence-electron chi connectivity index (χ3n) is 5.84. The van der Waals surface area contributed by atoms with Gasteiger partial charge in [-0.25, -0.2) is 9.37 Å². The maximum atomic E-state index is 13.8. The Morgan fingerprint density at radius 2 is 1.88 bits per heavy atom. The molecule has 0 aliphatic carbocycles. The van der Waals surface area contributed by atoms with Crippen LogP contribution < -0.4 is 14.4 Å². The molecule has 0 saturated carbocycles. The zero-order valence-electron chi connectivity index (χ0n) is 18.1. The summed E-state index contributed by atoms with van der Waals surface area (Å²) in [5.41, 5.74) is 0.752. The molecule has 2 aromatic carbocycles. The Morgan fingerprint density at radius 3 is 2.61 bits per heavy atom. The number of alkyl halides is 1. The third kappa shape index (κ3) is 3.57. The van der Waals surface area contributed by atoms with E-state index in [1.54, 1.807) is 6.07 Å². The third-order valence-corrected chi connectivity index (χ3v) is 7.51. The molecule has 9 nitrogen and oxygen atoms in total. The molecule has 1 aliphatic heterocycles. The van der Waals surface area contributed by atoms with Gasteiger partial charge in [0.25, 0.3) is 0 Å². The lowest BCUT2D eigenvalue weighted by Crippen LogP contribution is -2.35. The van der Waals surface area contributed by atoms with Crippen molar-refractivity contribution in [3.8, 4) is 11.5 Å². The first-order valence-corrected chi connectivity index (χ1v) is 11.9. The van der Waals surface area contributed by atoms with Crippen molar-refractivity contribution in [2.24, 2.45) is 0 Å². The fourth-order valence-electron chi connectivity index (χ4n) is 4.10. The number of rotatable bonds is 5. The second-order valence-electron chi connectivity index (χ2n) is 7.76. The molecule has 3 heterocycles. The maximum absolute atomic E-state index is 13.8. The summed E-state index contributed by atoms with van der Waals surface area (Å²) >= 11 is 0. The number of halogens is 1. The number of fused-ring (bicyclic) bond motifs is 3. The molecule has 5 rings (SSSR count). The van der Waals surface area contributed by atoms with Crippen molar-refractivity contribution in [1.82, 2.24) is 19.8 Å². The van der Waals surface area contributed by atoms with Crippen LogP contribution in [0.5, 0.6) is 11.5 Å². The Labute approximate surface area is 190 Å². The number of ether oxygens (including phenoxy) is 2. The first kappa shape index (κ1) is 21.5. The van der Waals surface area contributed by atoms with Crippen molar-refractivity contribution in [3.63, 3.8) is 0 Å². The van der Waals surface area contributed by atoms with Crippen molar-refractivity contribution < 1.29 is 22.6 Å². The zero-order chi connectivity index (χ0) is 23.2. The van der Waals surface area contributed by atoms with Crippen LogP contribution in [0, 0.1) is 0 Å². The summed E-state index contributed by atoms with van der Waals surface area (Å²) in [5.74, 6) is 1.10. The Morgan fingerprint density at radius 1 is 1.12 bits per heavy atom. The molecular formula is C22H22FN5O4S. The SMILES string of the molecule is COc1ccc(OC)c([S+](=O)([O-])c2nnn3c2nc(N2CCC(F)CC2)c2ccccc23)c1. The van der Waals surface area contributed by atoms with Gasteiger partial charge in [-0.05, 0) is 37.1 Å². The highest BCUT2D eigenvalue weighted by molar-refractivity contribution is 7.98. The zero-order valence-corrected chi connectivity index (χ0v) is 18.9. The lowest BCUT2D eigenvalue weighted by atomic mass is 10.1. The van der Waals surface area contributed by atoms with Crippen molar-refractivity contribution in [2.75, 3.05) is 32.2 Å². The quantitative estimate of drug-likeness (QED) is 0.409. The molecule has 1 saturated heterocycles. The summed E-state index contributed by atoms with van der Waals surface area (Å²) in [7, 11) is -1.32. The molecule has 4 aromatic rings. The van der Waals surface area contributed by atoms with E-state index in [0.29, 0.717) is 43.0 Å². The van der Waals surface area contributed by atoms with Crippen LogP contribution in [0.3, 0.4) is 0 Å². The maximum Gasteiger partial charge on any atom is 0.318 e. The van der Waals surface area contributed by atoms with Gasteiger partial charge < -0.3 is 18.9 Å². The molecule has 172 valence electrons. The highest BCUT2D eigenvalue weighted by atomic mass is 32.3. The smallest absolute Gasteiger partial charge is 0.318 e. The van der Waals surface area contributed by atoms with Crippen LogP contribution in [0.4, 0.5) is 10.2 Å². The Kier molecular flexibility index (Phi) is 5.37. The normalized spacial score (nSPS) is 16.8. The highest BCUT2D eigenvalue weighted by Gasteiger charge is 2.36. The number of benzene rings is 2. The van der Waals surface area contributed by atoms with E-state index in [-0.39, 0.29) is 21.3 Å². The lowest BCUT2D eigenvalue weighted by Gasteiger charge is -2.30. The first-order valence-electron chi connectivity index (χ1n) is 10.4. The number of piperidine rings is 1. The minimum absolute atomic E-state index is 0.0935. The highest BCUT2D eigenvalue weighted by Crippen LogP contribution is 2.38. The summed E-state index contributed by atoms with van der Waals surface area (Å²) in [4.78, 5) is 6.58. The van der Waals surface area contributed by atoms with Gasteiger partial charge in [-0.15, -0.1) is 0 Å². The molecule has 0 amide bonds. The Bertz CT molecular complexity index is 1390. The number of methoxy groups -OCH3 is 2. The second-order valence-corrected chi connectivity index (χ2v) is 9.60. The Balaban J connectivity index is 1.73. The molecule has 1 atom stereocenters. The van der Waals surface area contributed by atoms with Gasteiger partial charge in [0.1, 0.15) is 28.0 Å². The van der Waals surface area contributed by atoms with Gasteiger partial charge in [0.15, 0.2) is 5.75 Å². The molecule has 0 N–H and O–H groups in total. The van der Waals surface area contributed by atoms with Gasteiger partial charge in [0.2, 0.25) is 10.5 Å². The van der Waals surface area contributed by atoms with Gasteiger partial charge in [-0.2, -0.15) is 4.52 Å². The average molecular weight is 472 g/mol. The van der Waals surface area contributed by atoms with Crippen LogP contribution in [0.15, 0.2) is 52.4 Å². The minimum Gasteiger partial charge on any atom is -0.604 e.